The first-order valence-corrected chi connectivity index (χ1v) is 6.78. The molecule has 1 atom stereocenters. The van der Waals surface area contributed by atoms with Crippen molar-refractivity contribution in [2.75, 3.05) is 11.4 Å². The summed E-state index contributed by atoms with van der Waals surface area (Å²) >= 11 is 11.7. The molecule has 0 saturated carbocycles. The lowest BCUT2D eigenvalue weighted by Gasteiger charge is -2.17. The average molecular weight is 400 g/mol. The molecule has 15 heavy (non-hydrogen) atoms. The molecule has 0 bridgehead atoms. The van der Waals surface area contributed by atoms with Gasteiger partial charge in [-0.15, -0.1) is 11.6 Å². The number of alkyl halides is 1. The molecule has 1 aliphatic rings. The Morgan fingerprint density at radius 3 is 2.80 bits per heavy atom. The maximum Gasteiger partial charge on any atom is 0.228 e. The van der Waals surface area contributed by atoms with Crippen molar-refractivity contribution in [2.45, 2.75) is 11.8 Å². The molecule has 80 valence electrons. The number of carbonyl (C=O) groups excluding carboxylic acids is 1. The van der Waals surface area contributed by atoms with Crippen LogP contribution in [-0.4, -0.2) is 17.8 Å². The number of nitrogens with zero attached hydrogens (tertiary/aromatic N) is 1. The highest BCUT2D eigenvalue weighted by molar-refractivity contribution is 14.1. The highest BCUT2D eigenvalue weighted by Gasteiger charge is 2.30. The lowest BCUT2D eigenvalue weighted by atomic mass is 10.3. The van der Waals surface area contributed by atoms with E-state index in [1.807, 2.05) is 18.2 Å². The van der Waals surface area contributed by atoms with Crippen molar-refractivity contribution >= 4 is 61.7 Å². The molecule has 5 heteroatoms. The molecule has 1 fully saturated rings. The number of amides is 1. The molecule has 2 rings (SSSR count). The Bertz CT molecular complexity index is 412. The van der Waals surface area contributed by atoms with Gasteiger partial charge in [0.15, 0.2) is 0 Å². The van der Waals surface area contributed by atoms with E-state index >= 15 is 0 Å². The summed E-state index contributed by atoms with van der Waals surface area (Å²) in [4.78, 5) is 13.4. The van der Waals surface area contributed by atoms with Gasteiger partial charge in [0.2, 0.25) is 5.91 Å². The van der Waals surface area contributed by atoms with Gasteiger partial charge in [-0.3, -0.25) is 4.79 Å². The molecular weight excluding hydrogens is 392 g/mol. The molecule has 0 N–H and O–H groups in total. The van der Waals surface area contributed by atoms with Gasteiger partial charge >= 0.3 is 0 Å². The lowest BCUT2D eigenvalue weighted by Crippen LogP contribution is -2.24. The Kier molecular flexibility index (Phi) is 3.57. The first kappa shape index (κ1) is 11.7. The first-order valence-electron chi connectivity index (χ1n) is 4.47. The Balaban J connectivity index is 2.34. The highest BCUT2D eigenvalue weighted by Crippen LogP contribution is 2.31. The Morgan fingerprint density at radius 1 is 1.53 bits per heavy atom. The zero-order valence-corrected chi connectivity index (χ0v) is 12.2. The van der Waals surface area contributed by atoms with Crippen molar-refractivity contribution in [1.29, 1.82) is 0 Å². The van der Waals surface area contributed by atoms with Gasteiger partial charge in [0.05, 0.1) is 11.1 Å². The van der Waals surface area contributed by atoms with E-state index in [0.717, 1.165) is 13.7 Å². The molecule has 0 aromatic heterocycles. The minimum Gasteiger partial charge on any atom is -0.310 e. The molecule has 1 saturated heterocycles. The van der Waals surface area contributed by atoms with Crippen LogP contribution in [-0.2, 0) is 4.79 Å². The fourth-order valence-corrected chi connectivity index (χ4v) is 3.38. The van der Waals surface area contributed by atoms with Crippen LogP contribution in [0, 0.1) is 3.57 Å². The van der Waals surface area contributed by atoms with Crippen molar-refractivity contribution in [1.82, 2.24) is 0 Å². The maximum atomic E-state index is 11.6. The van der Waals surface area contributed by atoms with E-state index in [2.05, 4.69) is 38.5 Å². The van der Waals surface area contributed by atoms with Crippen LogP contribution in [0.2, 0.25) is 0 Å². The summed E-state index contributed by atoms with van der Waals surface area (Å²) in [6.45, 7) is 0.597. The summed E-state index contributed by atoms with van der Waals surface area (Å²) in [5, 5.41) is -0.0660. The van der Waals surface area contributed by atoms with E-state index in [1.165, 1.54) is 0 Å². The van der Waals surface area contributed by atoms with Gasteiger partial charge < -0.3 is 4.90 Å². The van der Waals surface area contributed by atoms with E-state index in [1.54, 1.807) is 4.90 Å². The van der Waals surface area contributed by atoms with Gasteiger partial charge in [-0.1, -0.05) is 0 Å². The molecule has 1 aromatic rings. The minimum atomic E-state index is -0.0660. The standard InChI is InChI=1S/C10H8BrClINO/c11-8-4-7(13)1-2-9(8)14-5-6(12)3-10(14)15/h1-2,4,6H,3,5H2. The fourth-order valence-electron chi connectivity index (χ4n) is 1.60. The van der Waals surface area contributed by atoms with Crippen molar-refractivity contribution in [3.8, 4) is 0 Å². The van der Waals surface area contributed by atoms with Crippen LogP contribution in [0.5, 0.6) is 0 Å². The molecule has 1 amide bonds. The predicted octanol–water partition coefficient (Wildman–Crippen LogP) is 3.40. The van der Waals surface area contributed by atoms with E-state index in [4.69, 9.17) is 11.6 Å². The predicted molar refractivity (Wildman–Crippen MR) is 73.5 cm³/mol. The third kappa shape index (κ3) is 2.47. The zero-order valence-electron chi connectivity index (χ0n) is 7.71. The summed E-state index contributed by atoms with van der Waals surface area (Å²) in [6, 6.07) is 5.92. The Morgan fingerprint density at radius 2 is 2.27 bits per heavy atom. The monoisotopic (exact) mass is 399 g/mol. The number of hydrogen-bond acceptors (Lipinski definition) is 1. The largest absolute Gasteiger partial charge is 0.310 e. The van der Waals surface area contributed by atoms with Gasteiger partial charge in [0, 0.05) is 21.0 Å². The van der Waals surface area contributed by atoms with Crippen LogP contribution in [0.3, 0.4) is 0 Å². The van der Waals surface area contributed by atoms with Crippen LogP contribution in [0.4, 0.5) is 5.69 Å². The smallest absolute Gasteiger partial charge is 0.228 e. The summed E-state index contributed by atoms with van der Waals surface area (Å²) in [6.07, 6.45) is 0.431. The zero-order chi connectivity index (χ0) is 11.0. The second-order valence-electron chi connectivity index (χ2n) is 3.40. The molecule has 1 aliphatic heterocycles. The molecular formula is C10H8BrClINO. The second kappa shape index (κ2) is 4.59. The topological polar surface area (TPSA) is 20.3 Å². The van der Waals surface area contributed by atoms with Gasteiger partial charge in [-0.05, 0) is 56.7 Å². The second-order valence-corrected chi connectivity index (χ2v) is 6.12. The number of hydrogen-bond donors (Lipinski definition) is 0. The average Bonchev–Trinajstić information content (AvgIpc) is 2.45. The summed E-state index contributed by atoms with van der Waals surface area (Å²) in [5.74, 6) is 0.0944. The number of anilines is 1. The molecule has 1 unspecified atom stereocenters. The van der Waals surface area contributed by atoms with E-state index in [9.17, 15) is 4.79 Å². The Hall–Kier alpha value is 0.190. The van der Waals surface area contributed by atoms with Crippen LogP contribution in [0.1, 0.15) is 6.42 Å². The van der Waals surface area contributed by atoms with Gasteiger partial charge in [-0.2, -0.15) is 0 Å². The van der Waals surface area contributed by atoms with Crippen LogP contribution in [0.15, 0.2) is 22.7 Å². The van der Waals surface area contributed by atoms with Crippen molar-refractivity contribution < 1.29 is 4.79 Å². The van der Waals surface area contributed by atoms with Crippen LogP contribution in [0.25, 0.3) is 0 Å². The number of halogens is 3. The van der Waals surface area contributed by atoms with Crippen molar-refractivity contribution in [2.24, 2.45) is 0 Å². The van der Waals surface area contributed by atoms with Crippen LogP contribution < -0.4 is 4.90 Å². The van der Waals surface area contributed by atoms with Crippen LogP contribution >= 0.6 is 50.1 Å². The van der Waals surface area contributed by atoms with Gasteiger partial charge in [-0.25, -0.2) is 0 Å². The summed E-state index contributed by atoms with van der Waals surface area (Å²) < 4.78 is 2.07. The molecule has 2 nitrogen and oxygen atoms in total. The lowest BCUT2D eigenvalue weighted by molar-refractivity contribution is -0.117. The first-order chi connectivity index (χ1) is 7.08. The van der Waals surface area contributed by atoms with Crippen molar-refractivity contribution in [3.05, 3.63) is 26.2 Å². The van der Waals surface area contributed by atoms with E-state index in [-0.39, 0.29) is 11.3 Å². The quantitative estimate of drug-likeness (QED) is 0.523. The minimum absolute atomic E-state index is 0.0660. The molecule has 0 aliphatic carbocycles. The highest BCUT2D eigenvalue weighted by atomic mass is 127. The molecule has 0 spiro atoms. The van der Waals surface area contributed by atoms with E-state index in [0.29, 0.717) is 13.0 Å². The number of carbonyl (C=O) groups is 1. The SMILES string of the molecule is O=C1CC(Cl)CN1c1ccc(I)cc1Br. The summed E-state index contributed by atoms with van der Waals surface area (Å²) in [5.41, 5.74) is 0.906. The third-order valence-corrected chi connectivity index (χ3v) is 3.88. The third-order valence-electron chi connectivity index (χ3n) is 2.28. The molecule has 0 radical (unpaired) electrons. The van der Waals surface area contributed by atoms with Gasteiger partial charge in [0.1, 0.15) is 0 Å². The Labute approximate surface area is 115 Å². The molecule has 1 aromatic carbocycles. The maximum absolute atomic E-state index is 11.6. The normalized spacial score (nSPS) is 21.1. The molecule has 1 heterocycles. The van der Waals surface area contributed by atoms with E-state index < -0.39 is 0 Å². The fraction of sp³-hybridized carbons (Fsp3) is 0.300. The van der Waals surface area contributed by atoms with Crippen molar-refractivity contribution in [3.63, 3.8) is 0 Å². The summed E-state index contributed by atoms with van der Waals surface area (Å²) in [7, 11) is 0. The van der Waals surface area contributed by atoms with Gasteiger partial charge in [0.25, 0.3) is 0 Å². The number of rotatable bonds is 1. The number of benzene rings is 1.